The highest BCUT2D eigenvalue weighted by atomic mass is 16.2. The summed E-state index contributed by atoms with van der Waals surface area (Å²) in [6, 6.07) is 13.7. The van der Waals surface area contributed by atoms with E-state index in [-0.39, 0.29) is 11.8 Å². The molecule has 25 heavy (non-hydrogen) atoms. The van der Waals surface area contributed by atoms with Crippen molar-refractivity contribution in [1.29, 1.82) is 0 Å². The lowest BCUT2D eigenvalue weighted by atomic mass is 10.0. The average Bonchev–Trinajstić information content (AvgIpc) is 2.65. The summed E-state index contributed by atoms with van der Waals surface area (Å²) < 4.78 is 0. The Morgan fingerprint density at radius 1 is 1.12 bits per heavy atom. The maximum atomic E-state index is 11.7. The first kappa shape index (κ1) is 17.0. The van der Waals surface area contributed by atoms with Crippen LogP contribution in [0.5, 0.6) is 0 Å². The summed E-state index contributed by atoms with van der Waals surface area (Å²) >= 11 is 0. The van der Waals surface area contributed by atoms with Gasteiger partial charge in [0.05, 0.1) is 0 Å². The van der Waals surface area contributed by atoms with Crippen LogP contribution in [0.2, 0.25) is 0 Å². The van der Waals surface area contributed by atoms with Crippen LogP contribution in [0, 0.1) is 0 Å². The van der Waals surface area contributed by atoms with E-state index in [1.807, 2.05) is 41.3 Å². The first-order valence-electron chi connectivity index (χ1n) is 8.54. The smallest absolute Gasteiger partial charge is 0.251 e. The highest BCUT2D eigenvalue weighted by Crippen LogP contribution is 2.29. The second kappa shape index (κ2) is 7.38. The van der Waals surface area contributed by atoms with E-state index < -0.39 is 0 Å². The van der Waals surface area contributed by atoms with Crippen LogP contribution in [0.25, 0.3) is 0 Å². The molecule has 0 bridgehead atoms. The normalized spacial score (nSPS) is 13.1. The lowest BCUT2D eigenvalue weighted by Crippen LogP contribution is -2.33. The number of aryl methyl sites for hydroxylation is 1. The van der Waals surface area contributed by atoms with Crippen molar-refractivity contribution in [3.05, 3.63) is 59.2 Å². The van der Waals surface area contributed by atoms with Crippen molar-refractivity contribution in [2.45, 2.75) is 26.3 Å². The molecule has 1 heterocycles. The molecule has 2 amide bonds. The minimum atomic E-state index is -0.0794. The van der Waals surface area contributed by atoms with Gasteiger partial charge in [-0.05, 0) is 54.3 Å². The Kier molecular flexibility index (Phi) is 5.03. The molecule has 5 nitrogen and oxygen atoms in total. The van der Waals surface area contributed by atoms with E-state index in [2.05, 4.69) is 16.7 Å². The third-order valence-electron chi connectivity index (χ3n) is 4.52. The van der Waals surface area contributed by atoms with Crippen molar-refractivity contribution in [2.75, 3.05) is 23.8 Å². The minimum absolute atomic E-state index is 0.0794. The van der Waals surface area contributed by atoms with Crippen molar-refractivity contribution in [2.24, 2.45) is 0 Å². The monoisotopic (exact) mass is 337 g/mol. The maximum Gasteiger partial charge on any atom is 0.251 e. The quantitative estimate of drug-likeness (QED) is 0.902. The number of rotatable bonds is 4. The molecule has 0 saturated heterocycles. The lowest BCUT2D eigenvalue weighted by Gasteiger charge is -2.29. The van der Waals surface area contributed by atoms with Gasteiger partial charge in [0.1, 0.15) is 0 Å². The molecule has 1 aliphatic rings. The fourth-order valence-electron chi connectivity index (χ4n) is 3.16. The van der Waals surface area contributed by atoms with Gasteiger partial charge in [-0.3, -0.25) is 9.59 Å². The van der Waals surface area contributed by atoms with Crippen molar-refractivity contribution < 1.29 is 9.59 Å². The first-order valence-corrected chi connectivity index (χ1v) is 8.54. The van der Waals surface area contributed by atoms with Crippen LogP contribution in [0.4, 0.5) is 11.4 Å². The van der Waals surface area contributed by atoms with E-state index in [9.17, 15) is 9.59 Å². The molecule has 0 radical (unpaired) electrons. The highest BCUT2D eigenvalue weighted by Gasteiger charge is 2.19. The van der Waals surface area contributed by atoms with Crippen molar-refractivity contribution in [3.63, 3.8) is 0 Å². The number of nitrogens with one attached hydrogen (secondary N) is 2. The molecule has 130 valence electrons. The molecule has 0 unspecified atom stereocenters. The van der Waals surface area contributed by atoms with Gasteiger partial charge in [0.25, 0.3) is 5.91 Å². The molecule has 2 N–H and O–H groups in total. The van der Waals surface area contributed by atoms with Gasteiger partial charge in [-0.1, -0.05) is 12.1 Å². The highest BCUT2D eigenvalue weighted by molar-refractivity contribution is 5.94. The molecule has 5 heteroatoms. The summed E-state index contributed by atoms with van der Waals surface area (Å²) in [5.41, 5.74) is 5.04. The topological polar surface area (TPSA) is 61.4 Å². The zero-order valence-electron chi connectivity index (χ0n) is 14.6. The molecule has 0 atom stereocenters. The van der Waals surface area contributed by atoms with E-state index in [0.29, 0.717) is 12.1 Å². The van der Waals surface area contributed by atoms with Crippen molar-refractivity contribution in [3.8, 4) is 0 Å². The zero-order valence-corrected chi connectivity index (χ0v) is 14.6. The number of nitrogens with zero attached hydrogens (tertiary/aromatic N) is 1. The summed E-state index contributed by atoms with van der Waals surface area (Å²) in [5, 5.41) is 6.03. The molecule has 0 saturated carbocycles. The Hall–Kier alpha value is -2.82. The molecular weight excluding hydrogens is 314 g/mol. The van der Waals surface area contributed by atoms with Gasteiger partial charge in [0, 0.05) is 44.0 Å². The van der Waals surface area contributed by atoms with Crippen molar-refractivity contribution >= 4 is 23.2 Å². The molecule has 0 aliphatic carbocycles. The second-order valence-electron chi connectivity index (χ2n) is 6.25. The third-order valence-corrected chi connectivity index (χ3v) is 4.52. The van der Waals surface area contributed by atoms with E-state index >= 15 is 0 Å². The van der Waals surface area contributed by atoms with Gasteiger partial charge >= 0.3 is 0 Å². The Morgan fingerprint density at radius 2 is 1.88 bits per heavy atom. The van der Waals surface area contributed by atoms with Crippen LogP contribution in [0.1, 0.15) is 34.8 Å². The van der Waals surface area contributed by atoms with Crippen LogP contribution >= 0.6 is 0 Å². The number of hydrogen-bond acceptors (Lipinski definition) is 3. The Bertz CT molecular complexity index is 784. The van der Waals surface area contributed by atoms with Crippen LogP contribution in [-0.4, -0.2) is 25.4 Å². The number of carbonyl (C=O) groups excluding carboxylic acids is 2. The average molecular weight is 337 g/mol. The molecule has 0 spiro atoms. The lowest BCUT2D eigenvalue weighted by molar-refractivity contribution is -0.116. The van der Waals surface area contributed by atoms with Gasteiger partial charge < -0.3 is 15.5 Å². The summed E-state index contributed by atoms with van der Waals surface area (Å²) in [6.07, 6.45) is 1.99. The number of fused-ring (bicyclic) bond motifs is 1. The predicted molar refractivity (Wildman–Crippen MR) is 99.9 cm³/mol. The molecule has 1 aliphatic heterocycles. The Balaban J connectivity index is 1.68. The Labute approximate surface area is 148 Å². The van der Waals surface area contributed by atoms with Gasteiger partial charge in [-0.15, -0.1) is 0 Å². The van der Waals surface area contributed by atoms with Gasteiger partial charge in [-0.25, -0.2) is 0 Å². The Morgan fingerprint density at radius 3 is 2.56 bits per heavy atom. The number of carbonyl (C=O) groups is 2. The number of anilines is 2. The molecule has 0 fully saturated rings. The van der Waals surface area contributed by atoms with Gasteiger partial charge in [0.15, 0.2) is 0 Å². The molecule has 0 aromatic heterocycles. The number of hydrogen-bond donors (Lipinski definition) is 2. The first-order chi connectivity index (χ1) is 12.1. The molecular formula is C20H23N3O2. The van der Waals surface area contributed by atoms with Crippen molar-refractivity contribution in [1.82, 2.24) is 5.32 Å². The molecule has 3 rings (SSSR count). The van der Waals surface area contributed by atoms with Crippen LogP contribution in [-0.2, 0) is 17.8 Å². The number of amides is 2. The minimum Gasteiger partial charge on any atom is -0.381 e. The number of benzene rings is 2. The fraction of sp³-hybridized carbons (Fsp3) is 0.300. The largest absolute Gasteiger partial charge is 0.381 e. The summed E-state index contributed by atoms with van der Waals surface area (Å²) in [4.78, 5) is 25.1. The van der Waals surface area contributed by atoms with E-state index in [1.54, 1.807) is 14.0 Å². The molecule has 2 aromatic rings. The fourth-order valence-corrected chi connectivity index (χ4v) is 3.16. The van der Waals surface area contributed by atoms with Crippen LogP contribution < -0.4 is 15.5 Å². The van der Waals surface area contributed by atoms with Gasteiger partial charge in [-0.2, -0.15) is 0 Å². The predicted octanol–water partition coefficient (Wildman–Crippen LogP) is 2.96. The maximum absolute atomic E-state index is 11.7. The van der Waals surface area contributed by atoms with Crippen LogP contribution in [0.3, 0.4) is 0 Å². The SMILES string of the molecule is CNC(=O)c1ccc(CNc2ccc3c(c2)CCCN3C(C)=O)cc1. The van der Waals surface area contributed by atoms with Crippen LogP contribution in [0.15, 0.2) is 42.5 Å². The standard InChI is InChI=1S/C20H23N3O2/c1-14(24)23-11-3-4-17-12-18(9-10-19(17)23)22-13-15-5-7-16(8-6-15)20(25)21-2/h5-10,12,22H,3-4,11,13H2,1-2H3,(H,21,25). The second-order valence-corrected chi connectivity index (χ2v) is 6.25. The van der Waals surface area contributed by atoms with E-state index in [1.165, 1.54) is 5.56 Å². The summed E-state index contributed by atoms with van der Waals surface area (Å²) in [6.45, 7) is 3.10. The summed E-state index contributed by atoms with van der Waals surface area (Å²) in [7, 11) is 1.63. The summed E-state index contributed by atoms with van der Waals surface area (Å²) in [5.74, 6) is 0.0158. The third kappa shape index (κ3) is 3.82. The zero-order chi connectivity index (χ0) is 17.8. The van der Waals surface area contributed by atoms with Gasteiger partial charge in [0.2, 0.25) is 5.91 Å². The molecule has 2 aromatic carbocycles. The van der Waals surface area contributed by atoms with E-state index in [4.69, 9.17) is 0 Å². The van der Waals surface area contributed by atoms with E-state index in [0.717, 1.165) is 36.3 Å².